The van der Waals surface area contributed by atoms with Crippen LogP contribution in [0.3, 0.4) is 0 Å². The van der Waals surface area contributed by atoms with Crippen molar-refractivity contribution in [2.45, 2.75) is 44.9 Å². The summed E-state index contributed by atoms with van der Waals surface area (Å²) >= 11 is 0. The van der Waals surface area contributed by atoms with Crippen LogP contribution in [0.1, 0.15) is 43.1 Å². The zero-order valence-electron chi connectivity index (χ0n) is 21.9. The number of aryl methyl sites for hydroxylation is 1. The summed E-state index contributed by atoms with van der Waals surface area (Å²) < 4.78 is 35.1. The van der Waals surface area contributed by atoms with Crippen LogP contribution in [0.15, 0.2) is 65.1 Å². The molecule has 0 radical (unpaired) electrons. The molecule has 1 aliphatic heterocycles. The molecule has 0 unspecified atom stereocenters. The number of piperidine rings is 1. The largest absolute Gasteiger partial charge is 0.494 e. The van der Waals surface area contributed by atoms with Crippen molar-refractivity contribution >= 4 is 27.7 Å². The SMILES string of the molecule is CCOc1ccc(-n2c(C)cc(/C=C(\C#N)C(=O)Nc3cccc(S(=O)(=O)N4CCCCC4)c3)c2C)cc1. The molecular weight excluding hydrogens is 500 g/mol. The van der Waals surface area contributed by atoms with Crippen LogP contribution in [-0.2, 0) is 14.8 Å². The number of sulfonamides is 1. The molecule has 9 heteroatoms. The van der Waals surface area contributed by atoms with E-state index in [1.54, 1.807) is 18.2 Å². The van der Waals surface area contributed by atoms with Crippen LogP contribution in [0.4, 0.5) is 5.69 Å². The van der Waals surface area contributed by atoms with E-state index in [1.807, 2.05) is 61.7 Å². The number of anilines is 1. The molecule has 1 saturated heterocycles. The molecule has 3 aromatic rings. The standard InChI is InChI=1S/C29H32N4O4S/c1-4-37-27-13-11-26(12-14-27)33-21(2)17-23(22(33)3)18-24(20-30)29(34)31-25-9-8-10-28(19-25)38(35,36)32-15-6-5-7-16-32/h8-14,17-19H,4-7,15-16H2,1-3H3,(H,31,34)/b24-18+. The quantitative estimate of drug-likeness (QED) is 0.317. The van der Waals surface area contributed by atoms with E-state index in [0.717, 1.165) is 47.7 Å². The second-order valence-electron chi connectivity index (χ2n) is 9.21. The van der Waals surface area contributed by atoms with Crippen LogP contribution in [0.2, 0.25) is 0 Å². The molecule has 1 N–H and O–H groups in total. The molecule has 1 aliphatic rings. The molecule has 38 heavy (non-hydrogen) atoms. The van der Waals surface area contributed by atoms with Crippen LogP contribution in [-0.4, -0.2) is 42.9 Å². The zero-order valence-corrected chi connectivity index (χ0v) is 22.7. The van der Waals surface area contributed by atoms with Gasteiger partial charge in [-0.2, -0.15) is 9.57 Å². The number of nitriles is 1. The number of rotatable bonds is 8. The van der Waals surface area contributed by atoms with Crippen molar-refractivity contribution in [3.8, 4) is 17.5 Å². The molecule has 4 rings (SSSR count). The lowest BCUT2D eigenvalue weighted by Gasteiger charge is -2.26. The maximum Gasteiger partial charge on any atom is 0.266 e. The van der Waals surface area contributed by atoms with Crippen molar-refractivity contribution in [3.63, 3.8) is 0 Å². The minimum absolute atomic E-state index is 0.0822. The smallest absolute Gasteiger partial charge is 0.266 e. The number of carbonyl (C=O) groups is 1. The summed E-state index contributed by atoms with van der Waals surface area (Å²) in [5, 5.41) is 12.4. The third kappa shape index (κ3) is 5.82. The van der Waals surface area contributed by atoms with Gasteiger partial charge in [-0.05, 0) is 93.8 Å². The lowest BCUT2D eigenvalue weighted by molar-refractivity contribution is -0.112. The number of benzene rings is 2. The summed E-state index contributed by atoms with van der Waals surface area (Å²) in [4.78, 5) is 13.1. The van der Waals surface area contributed by atoms with Crippen LogP contribution in [0.25, 0.3) is 11.8 Å². The number of hydrogen-bond acceptors (Lipinski definition) is 5. The number of carbonyl (C=O) groups excluding carboxylic acids is 1. The molecule has 2 heterocycles. The molecule has 2 aromatic carbocycles. The van der Waals surface area contributed by atoms with Crippen molar-refractivity contribution < 1.29 is 17.9 Å². The fourth-order valence-electron chi connectivity index (χ4n) is 4.68. The molecule has 0 aliphatic carbocycles. The first kappa shape index (κ1) is 27.2. The molecule has 198 valence electrons. The van der Waals surface area contributed by atoms with Crippen LogP contribution < -0.4 is 10.1 Å². The molecule has 0 saturated carbocycles. The van der Waals surface area contributed by atoms with Crippen LogP contribution in [0, 0.1) is 25.2 Å². The Hall–Kier alpha value is -3.87. The average molecular weight is 533 g/mol. The first-order valence-corrected chi connectivity index (χ1v) is 14.1. The predicted molar refractivity (Wildman–Crippen MR) is 148 cm³/mol. The van der Waals surface area contributed by atoms with Gasteiger partial charge in [-0.25, -0.2) is 8.42 Å². The molecular formula is C29H32N4O4S. The van der Waals surface area contributed by atoms with Crippen molar-refractivity contribution in [3.05, 3.63) is 77.1 Å². The highest BCUT2D eigenvalue weighted by atomic mass is 32.2. The van der Waals surface area contributed by atoms with Crippen LogP contribution in [0.5, 0.6) is 5.75 Å². The second-order valence-corrected chi connectivity index (χ2v) is 11.1. The Kier molecular flexibility index (Phi) is 8.35. The fourth-order valence-corrected chi connectivity index (χ4v) is 6.24. The van der Waals surface area contributed by atoms with E-state index in [-0.39, 0.29) is 10.5 Å². The van der Waals surface area contributed by atoms with Gasteiger partial charge >= 0.3 is 0 Å². The maximum absolute atomic E-state index is 13.0. The number of nitrogens with zero attached hydrogens (tertiary/aromatic N) is 3. The highest BCUT2D eigenvalue weighted by Crippen LogP contribution is 2.26. The average Bonchev–Trinajstić information content (AvgIpc) is 3.20. The van der Waals surface area contributed by atoms with Gasteiger partial charge in [0.25, 0.3) is 5.91 Å². The summed E-state index contributed by atoms with van der Waals surface area (Å²) in [6.45, 7) is 7.40. The summed E-state index contributed by atoms with van der Waals surface area (Å²) in [6.07, 6.45) is 4.25. The predicted octanol–water partition coefficient (Wildman–Crippen LogP) is 5.21. The molecule has 1 fully saturated rings. The van der Waals surface area contributed by atoms with E-state index in [0.29, 0.717) is 25.4 Å². The zero-order chi connectivity index (χ0) is 27.3. The number of ether oxygens (including phenoxy) is 1. The lowest BCUT2D eigenvalue weighted by Crippen LogP contribution is -2.35. The molecule has 0 atom stereocenters. The van der Waals surface area contributed by atoms with E-state index in [9.17, 15) is 18.5 Å². The normalized spacial score (nSPS) is 14.6. The van der Waals surface area contributed by atoms with Gasteiger partial charge in [0.1, 0.15) is 17.4 Å². The van der Waals surface area contributed by atoms with Gasteiger partial charge in [-0.3, -0.25) is 4.79 Å². The maximum atomic E-state index is 13.0. The minimum atomic E-state index is -3.64. The van der Waals surface area contributed by atoms with Gasteiger partial charge in [-0.15, -0.1) is 0 Å². The highest BCUT2D eigenvalue weighted by molar-refractivity contribution is 7.89. The Labute approximate surface area is 224 Å². The van der Waals surface area contributed by atoms with Crippen molar-refractivity contribution in [2.24, 2.45) is 0 Å². The Morgan fingerprint density at radius 1 is 1.08 bits per heavy atom. The highest BCUT2D eigenvalue weighted by Gasteiger charge is 2.26. The minimum Gasteiger partial charge on any atom is -0.494 e. The summed E-state index contributed by atoms with van der Waals surface area (Å²) in [5.41, 5.74) is 3.74. The Balaban J connectivity index is 1.56. The summed E-state index contributed by atoms with van der Waals surface area (Å²) in [7, 11) is -3.64. The molecule has 0 bridgehead atoms. The number of hydrogen-bond donors (Lipinski definition) is 1. The number of nitrogens with one attached hydrogen (secondary N) is 1. The van der Waals surface area contributed by atoms with Gasteiger partial charge in [0, 0.05) is 35.9 Å². The molecule has 1 amide bonds. The number of aromatic nitrogens is 1. The molecule has 8 nitrogen and oxygen atoms in total. The first-order chi connectivity index (χ1) is 18.2. The molecule has 0 spiro atoms. The van der Waals surface area contributed by atoms with Crippen molar-refractivity contribution in [1.29, 1.82) is 5.26 Å². The van der Waals surface area contributed by atoms with E-state index in [4.69, 9.17) is 4.74 Å². The first-order valence-electron chi connectivity index (χ1n) is 12.7. The monoisotopic (exact) mass is 532 g/mol. The Bertz CT molecular complexity index is 1490. The molecule has 1 aromatic heterocycles. The van der Waals surface area contributed by atoms with Gasteiger partial charge in [0.15, 0.2) is 0 Å². The van der Waals surface area contributed by atoms with E-state index in [2.05, 4.69) is 5.32 Å². The van der Waals surface area contributed by atoms with Crippen molar-refractivity contribution in [1.82, 2.24) is 8.87 Å². The lowest BCUT2D eigenvalue weighted by atomic mass is 10.1. The van der Waals surface area contributed by atoms with Crippen molar-refractivity contribution in [2.75, 3.05) is 25.0 Å². The van der Waals surface area contributed by atoms with Gasteiger partial charge in [0.2, 0.25) is 10.0 Å². The Morgan fingerprint density at radius 2 is 1.79 bits per heavy atom. The third-order valence-electron chi connectivity index (χ3n) is 6.59. The van der Waals surface area contributed by atoms with Gasteiger partial charge < -0.3 is 14.6 Å². The third-order valence-corrected chi connectivity index (χ3v) is 8.48. The topological polar surface area (TPSA) is 104 Å². The van der Waals surface area contributed by atoms with Crippen LogP contribution >= 0.6 is 0 Å². The van der Waals surface area contributed by atoms with E-state index >= 15 is 0 Å². The summed E-state index contributed by atoms with van der Waals surface area (Å²) in [6, 6.07) is 17.8. The van der Waals surface area contributed by atoms with E-state index in [1.165, 1.54) is 16.4 Å². The van der Waals surface area contributed by atoms with Gasteiger partial charge in [-0.1, -0.05) is 12.5 Å². The second kappa shape index (κ2) is 11.7. The fraction of sp³-hybridized carbons (Fsp3) is 0.310. The van der Waals surface area contributed by atoms with Gasteiger partial charge in [0.05, 0.1) is 11.5 Å². The number of amides is 1. The Morgan fingerprint density at radius 3 is 2.45 bits per heavy atom. The van der Waals surface area contributed by atoms with E-state index < -0.39 is 15.9 Å². The summed E-state index contributed by atoms with van der Waals surface area (Å²) in [5.74, 6) is 0.181.